The summed E-state index contributed by atoms with van der Waals surface area (Å²) in [5, 5.41) is 0. The highest BCUT2D eigenvalue weighted by atomic mass is 15.1. The van der Waals surface area contributed by atoms with Crippen LogP contribution in [-0.2, 0) is 11.8 Å². The predicted octanol–water partition coefficient (Wildman–Crippen LogP) is 14.4. The van der Waals surface area contributed by atoms with Crippen molar-refractivity contribution in [3.63, 3.8) is 0 Å². The third-order valence-corrected chi connectivity index (χ3v) is 12.7. The molecule has 266 valence electrons. The maximum atomic E-state index is 2.48. The van der Waals surface area contributed by atoms with Crippen molar-refractivity contribution in [1.82, 2.24) is 0 Å². The first-order chi connectivity index (χ1) is 28.3. The van der Waals surface area contributed by atoms with Crippen molar-refractivity contribution in [1.29, 1.82) is 0 Å². The van der Waals surface area contributed by atoms with Crippen LogP contribution in [0.3, 0.4) is 0 Å². The van der Waals surface area contributed by atoms with Gasteiger partial charge in [-0.1, -0.05) is 176 Å². The largest absolute Gasteiger partial charge is 0.310 e. The van der Waals surface area contributed by atoms with Crippen LogP contribution in [0.4, 0.5) is 17.1 Å². The van der Waals surface area contributed by atoms with E-state index in [9.17, 15) is 0 Å². The van der Waals surface area contributed by atoms with Crippen LogP contribution in [0.5, 0.6) is 0 Å². The summed E-state index contributed by atoms with van der Waals surface area (Å²) >= 11 is 0. The van der Waals surface area contributed by atoms with E-state index in [1.807, 2.05) is 0 Å². The van der Waals surface area contributed by atoms with Crippen molar-refractivity contribution in [2.24, 2.45) is 0 Å². The summed E-state index contributed by atoms with van der Waals surface area (Å²) in [4.78, 5) is 2.43. The van der Waals surface area contributed by atoms with Crippen LogP contribution in [0.15, 0.2) is 212 Å². The highest BCUT2D eigenvalue weighted by molar-refractivity contribution is 5.96. The van der Waals surface area contributed by atoms with Gasteiger partial charge < -0.3 is 4.90 Å². The van der Waals surface area contributed by atoms with Gasteiger partial charge in [0.1, 0.15) is 0 Å². The van der Waals surface area contributed by atoms with Crippen molar-refractivity contribution >= 4 is 17.1 Å². The Hall–Kier alpha value is -7.22. The summed E-state index contributed by atoms with van der Waals surface area (Å²) in [6, 6.07) is 78.9. The Bertz CT molecular complexity index is 2960. The van der Waals surface area contributed by atoms with Gasteiger partial charge in [0, 0.05) is 17.1 Å². The first-order valence-corrected chi connectivity index (χ1v) is 20.0. The van der Waals surface area contributed by atoms with Gasteiger partial charge in [0.25, 0.3) is 0 Å². The fourth-order valence-corrected chi connectivity index (χ4v) is 10.2. The number of fused-ring (bicyclic) bond motifs is 13. The lowest BCUT2D eigenvalue weighted by Crippen LogP contribution is -2.26. The molecule has 0 heterocycles. The van der Waals surface area contributed by atoms with E-state index in [2.05, 4.69) is 217 Å². The molecule has 0 saturated carbocycles. The number of nitrogens with zero attached hydrogens (tertiary/aromatic N) is 1. The van der Waals surface area contributed by atoms with Crippen LogP contribution in [0.1, 0.15) is 33.4 Å². The van der Waals surface area contributed by atoms with E-state index in [1.165, 1.54) is 89.0 Å². The molecule has 0 N–H and O–H groups in total. The standard InChI is InChI=1S/C56H37N/c1-2-12-37(13-3-1)38-22-27-43(28-23-38)57(44-29-24-39(25-30-44)40-26-32-47-42(34-40)35-41-14-4-5-15-46(41)47)45-31-33-51-50-18-8-11-21-54(50)56(55(51)36-45)52-19-9-6-16-48(52)49-17-7-10-20-53(49)56/h1-34,36H,35H2. The molecule has 1 heteroatoms. The predicted molar refractivity (Wildman–Crippen MR) is 237 cm³/mol. The maximum Gasteiger partial charge on any atom is 0.0726 e. The second kappa shape index (κ2) is 12.4. The number of anilines is 3. The fourth-order valence-electron chi connectivity index (χ4n) is 10.2. The molecule has 0 bridgehead atoms. The Labute approximate surface area is 333 Å². The van der Waals surface area contributed by atoms with E-state index in [-0.39, 0.29) is 0 Å². The summed E-state index contributed by atoms with van der Waals surface area (Å²) in [6.45, 7) is 0. The van der Waals surface area contributed by atoms with Crippen LogP contribution < -0.4 is 4.90 Å². The van der Waals surface area contributed by atoms with E-state index < -0.39 is 5.41 Å². The van der Waals surface area contributed by atoms with Gasteiger partial charge >= 0.3 is 0 Å². The molecule has 0 amide bonds. The van der Waals surface area contributed by atoms with E-state index in [1.54, 1.807) is 0 Å². The Morgan fingerprint density at radius 1 is 0.281 bits per heavy atom. The van der Waals surface area contributed by atoms with Gasteiger partial charge in [0.2, 0.25) is 0 Å². The fraction of sp³-hybridized carbons (Fsp3) is 0.0357. The van der Waals surface area contributed by atoms with Gasteiger partial charge in [-0.3, -0.25) is 0 Å². The number of benzene rings is 9. The molecule has 9 aromatic rings. The smallest absolute Gasteiger partial charge is 0.0726 e. The number of rotatable bonds is 5. The second-order valence-electron chi connectivity index (χ2n) is 15.6. The van der Waals surface area contributed by atoms with E-state index in [4.69, 9.17) is 0 Å². The lowest BCUT2D eigenvalue weighted by Gasteiger charge is -2.32. The SMILES string of the molecule is c1ccc(-c2ccc(N(c3ccc(-c4ccc5c(c4)Cc4ccccc4-5)cc3)c3ccc4c(c3)C3(c5ccccc5-c5ccccc53)c3ccccc3-4)cc2)cc1. The Morgan fingerprint density at radius 3 is 1.32 bits per heavy atom. The molecule has 3 aliphatic rings. The minimum atomic E-state index is -0.408. The third kappa shape index (κ3) is 4.70. The van der Waals surface area contributed by atoms with Gasteiger partial charge in [-0.25, -0.2) is 0 Å². The zero-order chi connectivity index (χ0) is 37.5. The zero-order valence-corrected chi connectivity index (χ0v) is 31.4. The normalized spacial score (nSPS) is 13.3. The zero-order valence-electron chi connectivity index (χ0n) is 31.4. The average Bonchev–Trinajstić information content (AvgIpc) is 3.91. The highest BCUT2D eigenvalue weighted by Crippen LogP contribution is 2.63. The summed E-state index contributed by atoms with van der Waals surface area (Å²) < 4.78 is 0. The Kier molecular flexibility index (Phi) is 6.97. The number of hydrogen-bond donors (Lipinski definition) is 0. The molecule has 0 aliphatic heterocycles. The van der Waals surface area contributed by atoms with Crippen LogP contribution in [0, 0.1) is 0 Å². The molecule has 0 aromatic heterocycles. The highest BCUT2D eigenvalue weighted by Gasteiger charge is 2.51. The van der Waals surface area contributed by atoms with Crippen LogP contribution in [0.25, 0.3) is 55.6 Å². The van der Waals surface area contributed by atoms with Crippen molar-refractivity contribution < 1.29 is 0 Å². The van der Waals surface area contributed by atoms with Gasteiger partial charge in [-0.15, -0.1) is 0 Å². The maximum absolute atomic E-state index is 2.48. The van der Waals surface area contributed by atoms with Gasteiger partial charge in [0.15, 0.2) is 0 Å². The summed E-state index contributed by atoms with van der Waals surface area (Å²) in [5.41, 5.74) is 24.1. The molecule has 3 aliphatic carbocycles. The van der Waals surface area contributed by atoms with E-state index in [0.29, 0.717) is 0 Å². The van der Waals surface area contributed by atoms with Crippen molar-refractivity contribution in [3.05, 3.63) is 246 Å². The van der Waals surface area contributed by atoms with Crippen LogP contribution in [-0.4, -0.2) is 0 Å². The molecule has 12 rings (SSSR count). The average molecular weight is 724 g/mol. The first-order valence-electron chi connectivity index (χ1n) is 20.0. The molecule has 1 nitrogen and oxygen atoms in total. The molecule has 0 unspecified atom stereocenters. The molecular formula is C56H37N. The molecular weight excluding hydrogens is 687 g/mol. The first kappa shape index (κ1) is 32.1. The minimum absolute atomic E-state index is 0.408. The van der Waals surface area contributed by atoms with E-state index in [0.717, 1.165) is 23.5 Å². The molecule has 9 aromatic carbocycles. The Balaban J connectivity index is 1.01. The topological polar surface area (TPSA) is 3.24 Å². The van der Waals surface area contributed by atoms with Crippen LogP contribution in [0.2, 0.25) is 0 Å². The van der Waals surface area contributed by atoms with Crippen molar-refractivity contribution in [3.8, 4) is 55.6 Å². The monoisotopic (exact) mass is 723 g/mol. The summed E-state index contributed by atoms with van der Waals surface area (Å²) in [5.74, 6) is 0. The lowest BCUT2D eigenvalue weighted by atomic mass is 9.70. The molecule has 0 fully saturated rings. The van der Waals surface area contributed by atoms with E-state index >= 15 is 0 Å². The van der Waals surface area contributed by atoms with Gasteiger partial charge in [-0.2, -0.15) is 0 Å². The molecule has 1 spiro atoms. The minimum Gasteiger partial charge on any atom is -0.310 e. The molecule has 57 heavy (non-hydrogen) atoms. The van der Waals surface area contributed by atoms with Gasteiger partial charge in [0.05, 0.1) is 5.41 Å². The van der Waals surface area contributed by atoms with Crippen molar-refractivity contribution in [2.45, 2.75) is 11.8 Å². The van der Waals surface area contributed by atoms with Gasteiger partial charge in [-0.05, 0) is 132 Å². The molecule has 0 atom stereocenters. The van der Waals surface area contributed by atoms with Crippen molar-refractivity contribution in [2.75, 3.05) is 4.90 Å². The molecule has 0 saturated heterocycles. The number of hydrogen-bond acceptors (Lipinski definition) is 1. The lowest BCUT2D eigenvalue weighted by molar-refractivity contribution is 0.793. The second-order valence-corrected chi connectivity index (χ2v) is 15.6. The van der Waals surface area contributed by atoms with Crippen LogP contribution >= 0.6 is 0 Å². The third-order valence-electron chi connectivity index (χ3n) is 12.7. The summed E-state index contributed by atoms with van der Waals surface area (Å²) in [6.07, 6.45) is 0.989. The Morgan fingerprint density at radius 2 is 0.702 bits per heavy atom. The summed E-state index contributed by atoms with van der Waals surface area (Å²) in [7, 11) is 0. The molecule has 0 radical (unpaired) electrons. The quantitative estimate of drug-likeness (QED) is 0.171.